The minimum Gasteiger partial charge on any atom is -0.0928 e. The van der Waals surface area contributed by atoms with Crippen molar-refractivity contribution in [3.63, 3.8) is 0 Å². The number of hydrogen-bond acceptors (Lipinski definition) is 0. The van der Waals surface area contributed by atoms with Crippen molar-refractivity contribution in [1.82, 2.24) is 0 Å². The van der Waals surface area contributed by atoms with E-state index in [0.29, 0.717) is 10.2 Å². The molecule has 0 aliphatic heterocycles. The topological polar surface area (TPSA) is 0 Å². The molecule has 0 aliphatic rings. The molecule has 0 radical (unpaired) electrons. The van der Waals surface area contributed by atoms with Crippen molar-refractivity contribution in [2.24, 2.45) is 5.41 Å². The van der Waals surface area contributed by atoms with Gasteiger partial charge in [0.1, 0.15) is 0 Å². The van der Waals surface area contributed by atoms with Crippen molar-refractivity contribution < 1.29 is 0 Å². The monoisotopic (exact) mass is 270 g/mol. The van der Waals surface area contributed by atoms with Gasteiger partial charge in [-0.05, 0) is 18.3 Å². The maximum Gasteiger partial charge on any atom is 0.0158 e. The van der Waals surface area contributed by atoms with Crippen LogP contribution in [0.15, 0.2) is 0 Å². The maximum absolute atomic E-state index is 3.64. The fraction of sp³-hybridized carbons (Fsp3) is 1.00. The van der Waals surface area contributed by atoms with E-state index in [1.807, 2.05) is 0 Å². The first-order valence-electron chi connectivity index (χ1n) is 3.66. The molecule has 2 heteroatoms. The number of alkyl halides is 2. The molecule has 0 spiro atoms. The van der Waals surface area contributed by atoms with Crippen molar-refractivity contribution in [2.45, 2.75) is 38.4 Å². The van der Waals surface area contributed by atoms with Crippen LogP contribution in [0.3, 0.4) is 0 Å². The Balaban J connectivity index is 3.47. The highest BCUT2D eigenvalue weighted by atomic mass is 79.9. The summed E-state index contributed by atoms with van der Waals surface area (Å²) < 4.78 is 0. The molecule has 0 rings (SSSR count). The standard InChI is InChI=1S/C8H16Br2/c1-8(2,3)6-7(10)4-5-9/h7H,4-6H2,1-3H3/t7-/m0/s1. The van der Waals surface area contributed by atoms with Crippen LogP contribution in [-0.2, 0) is 0 Å². The van der Waals surface area contributed by atoms with E-state index >= 15 is 0 Å². The smallest absolute Gasteiger partial charge is 0.0158 e. The Kier molecular flexibility index (Phi) is 5.22. The van der Waals surface area contributed by atoms with E-state index < -0.39 is 0 Å². The van der Waals surface area contributed by atoms with Crippen LogP contribution in [0.5, 0.6) is 0 Å². The van der Waals surface area contributed by atoms with Gasteiger partial charge >= 0.3 is 0 Å². The van der Waals surface area contributed by atoms with Gasteiger partial charge in [-0.15, -0.1) is 0 Å². The zero-order chi connectivity index (χ0) is 8.20. The highest BCUT2D eigenvalue weighted by Crippen LogP contribution is 2.26. The Morgan fingerprint density at radius 3 is 2.10 bits per heavy atom. The summed E-state index contributed by atoms with van der Waals surface area (Å²) >= 11 is 7.07. The Hall–Kier alpha value is 0.960. The Morgan fingerprint density at radius 2 is 1.80 bits per heavy atom. The molecule has 0 aromatic rings. The Labute approximate surface area is 81.0 Å². The summed E-state index contributed by atoms with van der Waals surface area (Å²) in [5.74, 6) is 0. The van der Waals surface area contributed by atoms with Crippen LogP contribution in [0.4, 0.5) is 0 Å². The SMILES string of the molecule is CC(C)(C)C[C@@H](Br)CCBr. The Bertz CT molecular complexity index is 83.7. The fourth-order valence-electron chi connectivity index (χ4n) is 0.885. The predicted octanol–water partition coefficient (Wildman–Crippen LogP) is 3.97. The third kappa shape index (κ3) is 7.07. The highest BCUT2D eigenvalue weighted by Gasteiger charge is 2.15. The van der Waals surface area contributed by atoms with Gasteiger partial charge in [-0.2, -0.15) is 0 Å². The molecular weight excluding hydrogens is 256 g/mol. The fourth-order valence-corrected chi connectivity index (χ4v) is 3.25. The molecule has 0 aromatic carbocycles. The lowest BCUT2D eigenvalue weighted by molar-refractivity contribution is 0.372. The van der Waals surface area contributed by atoms with Crippen LogP contribution < -0.4 is 0 Å². The highest BCUT2D eigenvalue weighted by molar-refractivity contribution is 9.10. The van der Waals surface area contributed by atoms with Crippen LogP contribution in [0.25, 0.3) is 0 Å². The van der Waals surface area contributed by atoms with Gasteiger partial charge in [0, 0.05) is 10.2 Å². The third-order valence-corrected chi connectivity index (χ3v) is 2.50. The first kappa shape index (κ1) is 11.0. The molecule has 0 nitrogen and oxygen atoms in total. The molecule has 10 heavy (non-hydrogen) atoms. The van der Waals surface area contributed by atoms with Crippen LogP contribution in [0.2, 0.25) is 0 Å². The lowest BCUT2D eigenvalue weighted by Crippen LogP contribution is -2.12. The second-order valence-corrected chi connectivity index (χ2v) is 5.93. The molecule has 1 atom stereocenters. The molecule has 0 fully saturated rings. The van der Waals surface area contributed by atoms with Crippen molar-refractivity contribution >= 4 is 31.9 Å². The van der Waals surface area contributed by atoms with Gasteiger partial charge in [0.25, 0.3) is 0 Å². The zero-order valence-electron chi connectivity index (χ0n) is 6.95. The minimum absolute atomic E-state index is 0.455. The van der Waals surface area contributed by atoms with Crippen molar-refractivity contribution in [1.29, 1.82) is 0 Å². The van der Waals surface area contributed by atoms with Gasteiger partial charge in [-0.1, -0.05) is 52.6 Å². The van der Waals surface area contributed by atoms with Crippen LogP contribution in [-0.4, -0.2) is 10.2 Å². The van der Waals surface area contributed by atoms with Crippen LogP contribution in [0, 0.1) is 5.41 Å². The number of hydrogen-bond donors (Lipinski definition) is 0. The van der Waals surface area contributed by atoms with E-state index in [4.69, 9.17) is 0 Å². The quantitative estimate of drug-likeness (QED) is 0.682. The number of halogens is 2. The van der Waals surface area contributed by atoms with Crippen molar-refractivity contribution in [2.75, 3.05) is 5.33 Å². The summed E-state index contributed by atoms with van der Waals surface area (Å²) in [6, 6.07) is 0. The lowest BCUT2D eigenvalue weighted by atomic mass is 9.90. The summed E-state index contributed by atoms with van der Waals surface area (Å²) in [5, 5.41) is 1.10. The van der Waals surface area contributed by atoms with E-state index in [0.717, 1.165) is 5.33 Å². The van der Waals surface area contributed by atoms with E-state index in [1.54, 1.807) is 0 Å². The van der Waals surface area contributed by atoms with Gasteiger partial charge in [-0.25, -0.2) is 0 Å². The van der Waals surface area contributed by atoms with Crippen LogP contribution in [0.1, 0.15) is 33.6 Å². The van der Waals surface area contributed by atoms with E-state index in [-0.39, 0.29) is 0 Å². The van der Waals surface area contributed by atoms with Gasteiger partial charge in [0.2, 0.25) is 0 Å². The van der Waals surface area contributed by atoms with Gasteiger partial charge in [0.05, 0.1) is 0 Å². The molecule has 0 bridgehead atoms. The summed E-state index contributed by atoms with van der Waals surface area (Å²) in [5.41, 5.74) is 0.455. The molecule has 0 amide bonds. The second-order valence-electron chi connectivity index (χ2n) is 3.84. The molecule has 0 N–H and O–H groups in total. The van der Waals surface area contributed by atoms with Gasteiger partial charge in [-0.3, -0.25) is 0 Å². The minimum atomic E-state index is 0.455. The zero-order valence-corrected chi connectivity index (χ0v) is 10.1. The van der Waals surface area contributed by atoms with Gasteiger partial charge < -0.3 is 0 Å². The van der Waals surface area contributed by atoms with Crippen LogP contribution >= 0.6 is 31.9 Å². The molecular formula is C8H16Br2. The summed E-state index contributed by atoms with van der Waals surface area (Å²) in [7, 11) is 0. The average Bonchev–Trinajstić information content (AvgIpc) is 1.59. The average molecular weight is 272 g/mol. The molecule has 0 aliphatic carbocycles. The molecule has 0 heterocycles. The summed E-state index contributed by atoms with van der Waals surface area (Å²) in [4.78, 5) is 0.673. The van der Waals surface area contributed by atoms with Crippen molar-refractivity contribution in [3.05, 3.63) is 0 Å². The van der Waals surface area contributed by atoms with E-state index in [2.05, 4.69) is 52.6 Å². The van der Waals surface area contributed by atoms with Crippen molar-refractivity contribution in [3.8, 4) is 0 Å². The second kappa shape index (κ2) is 4.76. The first-order valence-corrected chi connectivity index (χ1v) is 5.69. The summed E-state index contributed by atoms with van der Waals surface area (Å²) in [6.45, 7) is 6.82. The van der Waals surface area contributed by atoms with Gasteiger partial charge in [0.15, 0.2) is 0 Å². The maximum atomic E-state index is 3.64. The Morgan fingerprint density at radius 1 is 1.30 bits per heavy atom. The summed E-state index contributed by atoms with van der Waals surface area (Å²) in [6.07, 6.45) is 2.47. The predicted molar refractivity (Wildman–Crippen MR) is 55.2 cm³/mol. The van der Waals surface area contributed by atoms with E-state index in [1.165, 1.54) is 12.8 Å². The number of rotatable bonds is 3. The van der Waals surface area contributed by atoms with E-state index in [9.17, 15) is 0 Å². The normalized spacial score (nSPS) is 15.3. The molecule has 0 unspecified atom stereocenters. The largest absolute Gasteiger partial charge is 0.0928 e. The molecule has 0 saturated carbocycles. The third-order valence-electron chi connectivity index (χ3n) is 1.26. The lowest BCUT2D eigenvalue weighted by Gasteiger charge is -2.21. The first-order chi connectivity index (χ1) is 4.45. The molecule has 0 aromatic heterocycles. The molecule has 62 valence electrons. The molecule has 0 saturated heterocycles.